The number of carbonyl (C=O) groups is 2. The molecule has 0 saturated carbocycles. The molecule has 1 aromatic carbocycles. The van der Waals surface area contributed by atoms with Crippen LogP contribution in [-0.2, 0) is 4.79 Å². The fraction of sp³-hybridized carbons (Fsp3) is 0.333. The molecule has 14 heavy (non-hydrogen) atoms. The highest BCUT2D eigenvalue weighted by Gasteiger charge is 2.21. The van der Waals surface area contributed by atoms with Gasteiger partial charge in [-0.1, -0.05) is 44.2 Å². The van der Waals surface area contributed by atoms with Gasteiger partial charge in [-0.2, -0.15) is 0 Å². The van der Waals surface area contributed by atoms with Gasteiger partial charge in [-0.05, 0) is 0 Å². The average molecular weight is 190 g/mol. The summed E-state index contributed by atoms with van der Waals surface area (Å²) in [6.07, 6.45) is 1.09. The molecule has 0 atom stereocenters. The molecule has 0 aromatic heterocycles. The lowest BCUT2D eigenvalue weighted by Crippen LogP contribution is -2.18. The summed E-state index contributed by atoms with van der Waals surface area (Å²) in [5, 5.41) is 0. The van der Waals surface area contributed by atoms with E-state index < -0.39 is 5.41 Å². The average Bonchev–Trinajstić information content (AvgIpc) is 2.19. The van der Waals surface area contributed by atoms with Crippen molar-refractivity contribution in [3.63, 3.8) is 0 Å². The van der Waals surface area contributed by atoms with Crippen LogP contribution in [-0.4, -0.2) is 12.1 Å². The molecule has 74 valence electrons. The lowest BCUT2D eigenvalue weighted by Gasteiger charge is -2.14. The first-order chi connectivity index (χ1) is 6.55. The predicted molar refractivity (Wildman–Crippen MR) is 55.2 cm³/mol. The third-order valence-electron chi connectivity index (χ3n) is 2.03. The lowest BCUT2D eigenvalue weighted by atomic mass is 9.87. The topological polar surface area (TPSA) is 34.1 Å². The molecular formula is C12H14O2. The Labute approximate surface area is 83.9 Å². The van der Waals surface area contributed by atoms with Crippen molar-refractivity contribution in [2.24, 2.45) is 5.41 Å². The van der Waals surface area contributed by atoms with Gasteiger partial charge in [0, 0.05) is 17.4 Å². The standard InChI is InChI=1S/C12H14O2/c1-12(2,9-13)8-11(14)10-6-4-3-5-7-10/h3-7,9H,8H2,1-2H3. The summed E-state index contributed by atoms with van der Waals surface area (Å²) in [6, 6.07) is 9.04. The van der Waals surface area contributed by atoms with Crippen LogP contribution in [0.25, 0.3) is 0 Å². The van der Waals surface area contributed by atoms with Gasteiger partial charge in [-0.15, -0.1) is 0 Å². The second kappa shape index (κ2) is 4.18. The monoisotopic (exact) mass is 190 g/mol. The van der Waals surface area contributed by atoms with Crippen molar-refractivity contribution in [1.29, 1.82) is 0 Å². The summed E-state index contributed by atoms with van der Waals surface area (Å²) in [7, 11) is 0. The Balaban J connectivity index is 2.74. The van der Waals surface area contributed by atoms with Crippen LogP contribution in [0.15, 0.2) is 30.3 Å². The minimum Gasteiger partial charge on any atom is -0.303 e. The number of rotatable bonds is 4. The molecule has 0 aliphatic rings. The van der Waals surface area contributed by atoms with Crippen molar-refractivity contribution in [3.8, 4) is 0 Å². The van der Waals surface area contributed by atoms with Crippen molar-refractivity contribution < 1.29 is 9.59 Å². The Morgan fingerprint density at radius 2 is 1.86 bits per heavy atom. The van der Waals surface area contributed by atoms with Crippen LogP contribution in [0.3, 0.4) is 0 Å². The highest BCUT2D eigenvalue weighted by atomic mass is 16.1. The van der Waals surface area contributed by atoms with Crippen LogP contribution in [0, 0.1) is 5.41 Å². The fourth-order valence-electron chi connectivity index (χ4n) is 1.18. The third-order valence-corrected chi connectivity index (χ3v) is 2.03. The Kier molecular flexibility index (Phi) is 3.18. The van der Waals surface area contributed by atoms with E-state index in [2.05, 4.69) is 0 Å². The molecule has 0 spiro atoms. The number of hydrogen-bond donors (Lipinski definition) is 0. The van der Waals surface area contributed by atoms with Crippen LogP contribution in [0.4, 0.5) is 0 Å². The molecule has 2 nitrogen and oxygen atoms in total. The van der Waals surface area contributed by atoms with Gasteiger partial charge < -0.3 is 4.79 Å². The fourth-order valence-corrected chi connectivity index (χ4v) is 1.18. The molecule has 0 N–H and O–H groups in total. The summed E-state index contributed by atoms with van der Waals surface area (Å²) in [5.74, 6) is 0.0164. The van der Waals surface area contributed by atoms with Crippen molar-refractivity contribution in [1.82, 2.24) is 0 Å². The third kappa shape index (κ3) is 2.80. The number of ketones is 1. The smallest absolute Gasteiger partial charge is 0.163 e. The maximum absolute atomic E-state index is 11.7. The van der Waals surface area contributed by atoms with E-state index in [0.29, 0.717) is 5.56 Å². The van der Waals surface area contributed by atoms with E-state index in [9.17, 15) is 9.59 Å². The Hall–Kier alpha value is -1.44. The number of carbonyl (C=O) groups excluding carboxylic acids is 2. The van der Waals surface area contributed by atoms with E-state index in [1.165, 1.54) is 0 Å². The van der Waals surface area contributed by atoms with E-state index in [-0.39, 0.29) is 12.2 Å². The summed E-state index contributed by atoms with van der Waals surface area (Å²) >= 11 is 0. The number of aldehydes is 1. The van der Waals surface area contributed by atoms with Crippen LogP contribution in [0.2, 0.25) is 0 Å². The minimum atomic E-state index is -0.563. The molecule has 0 radical (unpaired) electrons. The summed E-state index contributed by atoms with van der Waals surface area (Å²) in [5.41, 5.74) is 0.106. The first-order valence-corrected chi connectivity index (χ1v) is 4.60. The molecular weight excluding hydrogens is 176 g/mol. The van der Waals surface area contributed by atoms with Gasteiger partial charge in [-0.3, -0.25) is 4.79 Å². The van der Waals surface area contributed by atoms with E-state index in [4.69, 9.17) is 0 Å². The van der Waals surface area contributed by atoms with Gasteiger partial charge in [-0.25, -0.2) is 0 Å². The van der Waals surface area contributed by atoms with Crippen LogP contribution < -0.4 is 0 Å². The predicted octanol–water partition coefficient (Wildman–Crippen LogP) is 2.48. The van der Waals surface area contributed by atoms with E-state index >= 15 is 0 Å². The van der Waals surface area contributed by atoms with Crippen LogP contribution in [0.1, 0.15) is 30.6 Å². The van der Waals surface area contributed by atoms with Crippen LogP contribution >= 0.6 is 0 Å². The first-order valence-electron chi connectivity index (χ1n) is 4.60. The highest BCUT2D eigenvalue weighted by Crippen LogP contribution is 2.19. The first kappa shape index (κ1) is 10.6. The van der Waals surface area contributed by atoms with Crippen LogP contribution in [0.5, 0.6) is 0 Å². The second-order valence-corrected chi connectivity index (χ2v) is 4.07. The van der Waals surface area contributed by atoms with Crippen molar-refractivity contribution in [3.05, 3.63) is 35.9 Å². The molecule has 0 heterocycles. The van der Waals surface area contributed by atoms with Gasteiger partial charge in [0.05, 0.1) is 0 Å². The quantitative estimate of drug-likeness (QED) is 0.540. The molecule has 2 heteroatoms. The SMILES string of the molecule is CC(C)(C=O)CC(=O)c1ccccc1. The lowest BCUT2D eigenvalue weighted by molar-refractivity contribution is -0.114. The molecule has 0 amide bonds. The molecule has 0 saturated heterocycles. The zero-order chi connectivity index (χ0) is 10.6. The van der Waals surface area contributed by atoms with E-state index in [1.54, 1.807) is 26.0 Å². The molecule has 0 unspecified atom stereocenters. The second-order valence-electron chi connectivity index (χ2n) is 4.07. The number of Topliss-reactive ketones (excluding diaryl/α,β-unsaturated/α-hetero) is 1. The van der Waals surface area contributed by atoms with Crippen molar-refractivity contribution in [2.45, 2.75) is 20.3 Å². The van der Waals surface area contributed by atoms with E-state index in [1.807, 2.05) is 18.2 Å². The molecule has 1 rings (SSSR count). The molecule has 0 aliphatic heterocycles. The summed E-state index contributed by atoms with van der Waals surface area (Å²) < 4.78 is 0. The zero-order valence-corrected chi connectivity index (χ0v) is 8.49. The molecule has 1 aromatic rings. The number of hydrogen-bond acceptors (Lipinski definition) is 2. The summed E-state index contributed by atoms with van der Waals surface area (Å²) in [6.45, 7) is 3.53. The van der Waals surface area contributed by atoms with Gasteiger partial charge in [0.15, 0.2) is 5.78 Å². The van der Waals surface area contributed by atoms with Crippen molar-refractivity contribution in [2.75, 3.05) is 0 Å². The maximum Gasteiger partial charge on any atom is 0.163 e. The van der Waals surface area contributed by atoms with E-state index in [0.717, 1.165) is 6.29 Å². The van der Waals surface area contributed by atoms with Gasteiger partial charge >= 0.3 is 0 Å². The molecule has 0 fully saturated rings. The highest BCUT2D eigenvalue weighted by molar-refractivity contribution is 5.97. The Bertz CT molecular complexity index is 325. The minimum absolute atomic E-state index is 0.0164. The Morgan fingerprint density at radius 3 is 2.36 bits per heavy atom. The largest absolute Gasteiger partial charge is 0.303 e. The Morgan fingerprint density at radius 1 is 1.29 bits per heavy atom. The van der Waals surface area contributed by atoms with Gasteiger partial charge in [0.25, 0.3) is 0 Å². The maximum atomic E-state index is 11.7. The van der Waals surface area contributed by atoms with Gasteiger partial charge in [0.2, 0.25) is 0 Å². The summed E-state index contributed by atoms with van der Waals surface area (Å²) in [4.78, 5) is 22.3. The molecule has 0 aliphatic carbocycles. The zero-order valence-electron chi connectivity index (χ0n) is 8.49. The normalized spacial score (nSPS) is 11.0. The molecule has 0 bridgehead atoms. The number of benzene rings is 1. The van der Waals surface area contributed by atoms with Crippen molar-refractivity contribution >= 4 is 12.1 Å². The van der Waals surface area contributed by atoms with Gasteiger partial charge in [0.1, 0.15) is 6.29 Å².